The van der Waals surface area contributed by atoms with Crippen molar-refractivity contribution in [2.45, 2.75) is 12.5 Å². The van der Waals surface area contributed by atoms with Gasteiger partial charge >= 0.3 is 0 Å². The van der Waals surface area contributed by atoms with E-state index in [4.69, 9.17) is 26.7 Å². The topological polar surface area (TPSA) is 108 Å². The van der Waals surface area contributed by atoms with Crippen molar-refractivity contribution < 1.29 is 14.3 Å². The third-order valence-electron chi connectivity index (χ3n) is 5.33. The number of nitrogen functional groups attached to an aromatic ring is 1. The third-order valence-corrected chi connectivity index (χ3v) is 5.33. The molecule has 31 heavy (non-hydrogen) atoms. The number of aromatic nitrogens is 4. The maximum Gasteiger partial charge on any atom is 0.246 e. The fourth-order valence-electron chi connectivity index (χ4n) is 3.80. The monoisotopic (exact) mass is 418 g/mol. The van der Waals surface area contributed by atoms with E-state index in [1.807, 2.05) is 12.1 Å². The number of ether oxygens (including phenoxy) is 2. The highest BCUT2D eigenvalue weighted by Gasteiger charge is 2.30. The first kappa shape index (κ1) is 20.2. The van der Waals surface area contributed by atoms with E-state index in [-0.39, 0.29) is 23.6 Å². The highest BCUT2D eigenvalue weighted by Crippen LogP contribution is 2.37. The summed E-state index contributed by atoms with van der Waals surface area (Å²) in [4.78, 5) is 22.5. The second-order valence-corrected chi connectivity index (χ2v) is 7.10. The van der Waals surface area contributed by atoms with Crippen LogP contribution >= 0.6 is 0 Å². The first-order valence-electron chi connectivity index (χ1n) is 9.66. The average Bonchev–Trinajstić information content (AvgIpc) is 3.43. The van der Waals surface area contributed by atoms with Crippen LogP contribution in [-0.4, -0.2) is 57.9 Å². The van der Waals surface area contributed by atoms with Crippen molar-refractivity contribution in [2.24, 2.45) is 0 Å². The van der Waals surface area contributed by atoms with Gasteiger partial charge in [-0.3, -0.25) is 4.79 Å². The van der Waals surface area contributed by atoms with Crippen molar-refractivity contribution in [1.29, 1.82) is 0 Å². The summed E-state index contributed by atoms with van der Waals surface area (Å²) in [5, 5.41) is 5.42. The van der Waals surface area contributed by atoms with Crippen molar-refractivity contribution in [3.63, 3.8) is 0 Å². The number of amides is 1. The molecule has 2 aromatic heterocycles. The van der Waals surface area contributed by atoms with Gasteiger partial charge in [-0.25, -0.2) is 14.6 Å². The Kier molecular flexibility index (Phi) is 5.21. The maximum atomic E-state index is 12.1. The van der Waals surface area contributed by atoms with Gasteiger partial charge in [-0.1, -0.05) is 6.58 Å². The normalized spacial score (nSPS) is 15.6. The molecule has 3 aromatic rings. The molecule has 158 valence electrons. The van der Waals surface area contributed by atoms with E-state index >= 15 is 0 Å². The van der Waals surface area contributed by atoms with Crippen molar-refractivity contribution in [2.75, 3.05) is 33.0 Å². The number of rotatable bonds is 5. The van der Waals surface area contributed by atoms with Gasteiger partial charge in [-0.2, -0.15) is 5.10 Å². The number of nitrogens with two attached hydrogens (primary N) is 1. The lowest BCUT2D eigenvalue weighted by molar-refractivity contribution is -0.125. The van der Waals surface area contributed by atoms with Crippen LogP contribution in [0.25, 0.3) is 22.3 Å². The lowest BCUT2D eigenvalue weighted by atomic mass is 10.1. The molecule has 1 aromatic carbocycles. The van der Waals surface area contributed by atoms with Gasteiger partial charge in [0.25, 0.3) is 0 Å². The molecule has 1 fully saturated rings. The molecule has 0 spiro atoms. The lowest BCUT2D eigenvalue weighted by Gasteiger charge is -2.14. The fourth-order valence-corrected chi connectivity index (χ4v) is 3.80. The number of hydrogen-bond donors (Lipinski definition) is 1. The maximum absolute atomic E-state index is 12.1. The Morgan fingerprint density at radius 1 is 1.29 bits per heavy atom. The number of nitrogens with zero attached hydrogens (tertiary/aromatic N) is 5. The molecule has 1 aliphatic heterocycles. The minimum Gasteiger partial charge on any atom is -0.497 e. The molecule has 9 nitrogen and oxygen atoms in total. The number of likely N-dealkylation sites (tertiary alicyclic amines) is 1. The van der Waals surface area contributed by atoms with Gasteiger partial charge in [0.2, 0.25) is 11.7 Å². The first-order chi connectivity index (χ1) is 15.0. The Balaban J connectivity index is 1.91. The van der Waals surface area contributed by atoms with E-state index in [0.717, 1.165) is 5.56 Å². The van der Waals surface area contributed by atoms with Crippen LogP contribution in [0.15, 0.2) is 30.9 Å². The molecule has 0 radical (unpaired) electrons. The van der Waals surface area contributed by atoms with Crippen LogP contribution in [0.1, 0.15) is 18.3 Å². The van der Waals surface area contributed by atoms with E-state index in [0.29, 0.717) is 47.7 Å². The van der Waals surface area contributed by atoms with E-state index < -0.39 is 0 Å². The highest BCUT2D eigenvalue weighted by atomic mass is 16.5. The summed E-state index contributed by atoms with van der Waals surface area (Å²) in [5.41, 5.74) is 8.13. The molecule has 4 rings (SSSR count). The molecule has 1 aliphatic rings. The summed E-state index contributed by atoms with van der Waals surface area (Å²) in [5.74, 6) is 3.96. The molecular weight excluding hydrogens is 396 g/mol. The fraction of sp³-hybridized carbons (Fsp3) is 0.273. The molecule has 1 amide bonds. The van der Waals surface area contributed by atoms with Crippen LogP contribution in [0.3, 0.4) is 0 Å². The zero-order chi connectivity index (χ0) is 22.1. The van der Waals surface area contributed by atoms with Crippen molar-refractivity contribution in [1.82, 2.24) is 24.6 Å². The van der Waals surface area contributed by atoms with Gasteiger partial charge in [0.1, 0.15) is 23.0 Å². The number of hydrogen-bond acceptors (Lipinski definition) is 7. The van der Waals surface area contributed by atoms with Crippen molar-refractivity contribution in [3.8, 4) is 35.1 Å². The molecule has 3 heterocycles. The number of terminal acetylenes is 1. The Morgan fingerprint density at radius 3 is 2.61 bits per heavy atom. The van der Waals surface area contributed by atoms with E-state index in [2.05, 4.69) is 22.5 Å². The highest BCUT2D eigenvalue weighted by molar-refractivity contribution is 5.99. The number of fused-ring (bicyclic) bond motifs is 1. The Morgan fingerprint density at radius 2 is 2.00 bits per heavy atom. The standard InChI is InChI=1S/C22H22N6O3/c1-5-17-24-21(23)19-20(13-9-15(30-3)11-16(10-13)31-4)26-28(22(19)25-17)14-7-8-27(12-14)18(29)6-2/h1,6,9-11,14H,2,7-8,12H2,3-4H3,(H2,23,24,25)/t14-/m0/s1. The summed E-state index contributed by atoms with van der Waals surface area (Å²) < 4.78 is 12.6. The van der Waals surface area contributed by atoms with Gasteiger partial charge in [0.15, 0.2) is 5.65 Å². The summed E-state index contributed by atoms with van der Waals surface area (Å²) in [7, 11) is 3.16. The first-order valence-corrected chi connectivity index (χ1v) is 9.66. The smallest absolute Gasteiger partial charge is 0.246 e. The zero-order valence-corrected chi connectivity index (χ0v) is 17.3. The van der Waals surface area contributed by atoms with Crippen LogP contribution in [0.2, 0.25) is 0 Å². The molecule has 1 saturated heterocycles. The molecule has 2 N–H and O–H groups in total. The number of methoxy groups -OCH3 is 2. The van der Waals surface area contributed by atoms with E-state index in [9.17, 15) is 4.79 Å². The van der Waals surface area contributed by atoms with E-state index in [1.54, 1.807) is 29.9 Å². The molecule has 0 bridgehead atoms. The average molecular weight is 418 g/mol. The van der Waals surface area contributed by atoms with Crippen LogP contribution in [-0.2, 0) is 4.79 Å². The van der Waals surface area contributed by atoms with Crippen LogP contribution in [0.5, 0.6) is 11.5 Å². The molecular formula is C22H22N6O3. The van der Waals surface area contributed by atoms with Crippen molar-refractivity contribution in [3.05, 3.63) is 36.7 Å². The van der Waals surface area contributed by atoms with Gasteiger partial charge in [-0.05, 0) is 30.6 Å². The summed E-state index contributed by atoms with van der Waals surface area (Å²) >= 11 is 0. The van der Waals surface area contributed by atoms with Gasteiger partial charge in [0, 0.05) is 24.7 Å². The predicted molar refractivity (Wildman–Crippen MR) is 117 cm³/mol. The Hall–Kier alpha value is -4.06. The van der Waals surface area contributed by atoms with Crippen LogP contribution in [0, 0.1) is 12.3 Å². The summed E-state index contributed by atoms with van der Waals surface area (Å²) in [6.07, 6.45) is 7.56. The quantitative estimate of drug-likeness (QED) is 0.499. The van der Waals surface area contributed by atoms with Crippen molar-refractivity contribution >= 4 is 22.8 Å². The SMILES string of the molecule is C#Cc1nc(N)c2c(-c3cc(OC)cc(OC)c3)nn([C@H]3CCN(C(=O)C=C)C3)c2n1. The van der Waals surface area contributed by atoms with Gasteiger partial charge < -0.3 is 20.1 Å². The number of anilines is 1. The summed E-state index contributed by atoms with van der Waals surface area (Å²) in [6.45, 7) is 4.65. The van der Waals surface area contributed by atoms with Crippen LogP contribution < -0.4 is 15.2 Å². The second kappa shape index (κ2) is 7.99. The number of benzene rings is 1. The molecule has 9 heteroatoms. The van der Waals surface area contributed by atoms with Gasteiger partial charge in [-0.15, -0.1) is 6.42 Å². The predicted octanol–water partition coefficient (Wildman–Crippen LogP) is 2.03. The summed E-state index contributed by atoms with van der Waals surface area (Å²) in [6, 6.07) is 5.36. The largest absolute Gasteiger partial charge is 0.497 e. The second-order valence-electron chi connectivity index (χ2n) is 7.10. The van der Waals surface area contributed by atoms with E-state index in [1.165, 1.54) is 6.08 Å². The zero-order valence-electron chi connectivity index (χ0n) is 17.3. The molecule has 1 atom stereocenters. The van der Waals surface area contributed by atoms with Gasteiger partial charge in [0.05, 0.1) is 25.6 Å². The molecule has 0 aliphatic carbocycles. The number of carbonyl (C=O) groups is 1. The minimum atomic E-state index is -0.116. The Labute approximate surface area is 179 Å². The molecule has 0 saturated carbocycles. The number of carbonyl (C=O) groups excluding carboxylic acids is 1. The molecule has 0 unspecified atom stereocenters. The lowest BCUT2D eigenvalue weighted by Crippen LogP contribution is -2.27. The Bertz CT molecular complexity index is 1200. The minimum absolute atomic E-state index is 0.0902. The third kappa shape index (κ3) is 3.53. The van der Waals surface area contributed by atoms with Crippen LogP contribution in [0.4, 0.5) is 5.82 Å².